The highest BCUT2D eigenvalue weighted by Gasteiger charge is 2.36. The molecule has 2 rings (SSSR count). The van der Waals surface area contributed by atoms with Gasteiger partial charge in [-0.2, -0.15) is 0 Å². The molecule has 1 saturated heterocycles. The Morgan fingerprint density at radius 2 is 1.62 bits per heavy atom. The van der Waals surface area contributed by atoms with Gasteiger partial charge in [-0.25, -0.2) is 0 Å². The zero-order chi connectivity index (χ0) is 15.6. The third kappa shape index (κ3) is 3.46. The number of likely N-dealkylation sites (N-methyl/N-ethyl adjacent to an activating group) is 1. The van der Waals surface area contributed by atoms with Crippen LogP contribution in [0.5, 0.6) is 0 Å². The van der Waals surface area contributed by atoms with Crippen molar-refractivity contribution in [3.63, 3.8) is 0 Å². The van der Waals surface area contributed by atoms with Gasteiger partial charge >= 0.3 is 0 Å². The maximum atomic E-state index is 12.7. The van der Waals surface area contributed by atoms with Crippen LogP contribution in [0.1, 0.15) is 42.9 Å². The summed E-state index contributed by atoms with van der Waals surface area (Å²) in [6.07, 6.45) is 3.77. The number of piperidine rings is 1. The van der Waals surface area contributed by atoms with Gasteiger partial charge in [-0.3, -0.25) is 4.79 Å². The number of carbonyl (C=O) groups is 1. The Balaban J connectivity index is 2.14. The second-order valence-electron chi connectivity index (χ2n) is 6.93. The normalized spacial score (nSPS) is 19.1. The zero-order valence-corrected chi connectivity index (χ0v) is 14.1. The van der Waals surface area contributed by atoms with Crippen molar-refractivity contribution in [2.45, 2.75) is 53.0 Å². The summed E-state index contributed by atoms with van der Waals surface area (Å²) in [7, 11) is 2.22. The molecule has 1 fully saturated rings. The van der Waals surface area contributed by atoms with Crippen molar-refractivity contribution in [2.24, 2.45) is 0 Å². The Bertz CT molecular complexity index is 507. The van der Waals surface area contributed by atoms with Crippen LogP contribution >= 0.6 is 0 Å². The van der Waals surface area contributed by atoms with Crippen molar-refractivity contribution in [3.05, 3.63) is 28.8 Å². The number of carbonyl (C=O) groups excluding carboxylic acids is 1. The second-order valence-corrected chi connectivity index (χ2v) is 6.93. The Hall–Kier alpha value is -1.35. The van der Waals surface area contributed by atoms with Gasteiger partial charge in [-0.05, 0) is 58.1 Å². The van der Waals surface area contributed by atoms with Gasteiger partial charge in [0.05, 0.1) is 20.1 Å². The Morgan fingerprint density at radius 1 is 1.10 bits per heavy atom. The SMILES string of the molecule is Cc1cc(C)c(NC(=O)C(C)[N+]2(C)CCCCC2)c(C)c1. The third-order valence-corrected chi connectivity index (χ3v) is 5.08. The molecule has 1 amide bonds. The van der Waals surface area contributed by atoms with Crippen LogP contribution in [-0.4, -0.2) is 36.6 Å². The molecule has 1 atom stereocenters. The van der Waals surface area contributed by atoms with Gasteiger partial charge in [0.1, 0.15) is 0 Å². The summed E-state index contributed by atoms with van der Waals surface area (Å²) in [4.78, 5) is 12.7. The van der Waals surface area contributed by atoms with E-state index in [0.717, 1.165) is 34.4 Å². The molecule has 1 heterocycles. The third-order valence-electron chi connectivity index (χ3n) is 5.08. The van der Waals surface area contributed by atoms with Crippen molar-refractivity contribution in [1.29, 1.82) is 0 Å². The largest absolute Gasteiger partial charge is 0.320 e. The predicted molar refractivity (Wildman–Crippen MR) is 88.5 cm³/mol. The second kappa shape index (κ2) is 6.18. The number of nitrogens with one attached hydrogen (secondary N) is 1. The molecule has 1 unspecified atom stereocenters. The van der Waals surface area contributed by atoms with Gasteiger partial charge in [0.25, 0.3) is 5.91 Å². The average Bonchev–Trinajstić information content (AvgIpc) is 2.42. The van der Waals surface area contributed by atoms with Crippen LogP contribution in [0.2, 0.25) is 0 Å². The number of anilines is 1. The Labute approximate surface area is 128 Å². The molecule has 21 heavy (non-hydrogen) atoms. The topological polar surface area (TPSA) is 29.1 Å². The molecule has 116 valence electrons. The fourth-order valence-electron chi connectivity index (χ4n) is 3.51. The van der Waals surface area contributed by atoms with Gasteiger partial charge < -0.3 is 9.80 Å². The summed E-state index contributed by atoms with van der Waals surface area (Å²) in [6, 6.07) is 4.26. The molecule has 0 aromatic heterocycles. The smallest absolute Gasteiger partial charge is 0.282 e. The van der Waals surface area contributed by atoms with E-state index in [2.05, 4.69) is 52.2 Å². The minimum atomic E-state index is 0.00500. The Morgan fingerprint density at radius 3 is 2.14 bits per heavy atom. The molecular formula is C18H29N2O+. The van der Waals surface area contributed by atoms with Crippen molar-refractivity contribution in [2.75, 3.05) is 25.5 Å². The fraction of sp³-hybridized carbons (Fsp3) is 0.611. The molecule has 1 aliphatic heterocycles. The van der Waals surface area contributed by atoms with Crippen molar-refractivity contribution >= 4 is 11.6 Å². The van der Waals surface area contributed by atoms with E-state index in [1.807, 2.05) is 0 Å². The molecule has 3 nitrogen and oxygen atoms in total. The van der Waals surface area contributed by atoms with Crippen LogP contribution < -0.4 is 5.32 Å². The maximum Gasteiger partial charge on any atom is 0.282 e. The molecule has 0 saturated carbocycles. The van der Waals surface area contributed by atoms with Crippen LogP contribution in [0.15, 0.2) is 12.1 Å². The summed E-state index contributed by atoms with van der Waals surface area (Å²) in [5, 5.41) is 3.17. The quantitative estimate of drug-likeness (QED) is 0.847. The van der Waals surface area contributed by atoms with Gasteiger partial charge in [0.2, 0.25) is 0 Å². The highest BCUT2D eigenvalue weighted by molar-refractivity contribution is 5.95. The number of quaternary nitrogens is 1. The molecule has 3 heteroatoms. The minimum Gasteiger partial charge on any atom is -0.320 e. The zero-order valence-electron chi connectivity index (χ0n) is 14.1. The van der Waals surface area contributed by atoms with Crippen molar-refractivity contribution in [1.82, 2.24) is 0 Å². The summed E-state index contributed by atoms with van der Waals surface area (Å²) in [5.74, 6) is 0.148. The van der Waals surface area contributed by atoms with Crippen molar-refractivity contribution < 1.29 is 9.28 Å². The molecule has 0 spiro atoms. The van der Waals surface area contributed by atoms with Crippen molar-refractivity contribution in [3.8, 4) is 0 Å². The average molecular weight is 289 g/mol. The molecule has 0 bridgehead atoms. The summed E-state index contributed by atoms with van der Waals surface area (Å²) < 4.78 is 0.871. The number of hydrogen-bond donors (Lipinski definition) is 1. The first-order chi connectivity index (χ1) is 9.83. The first-order valence-corrected chi connectivity index (χ1v) is 8.06. The monoisotopic (exact) mass is 289 g/mol. The number of hydrogen-bond acceptors (Lipinski definition) is 1. The molecule has 1 aliphatic rings. The standard InChI is InChI=1S/C18H28N2O/c1-13-11-14(2)17(15(3)12-13)19-18(21)16(4)20(5)9-7-6-8-10-20/h11-12,16H,6-10H2,1-5H3/p+1. The fourth-order valence-corrected chi connectivity index (χ4v) is 3.51. The van der Waals surface area contributed by atoms with Gasteiger partial charge in [-0.15, -0.1) is 0 Å². The first-order valence-electron chi connectivity index (χ1n) is 8.06. The molecule has 1 aromatic rings. The van der Waals surface area contributed by atoms with E-state index in [9.17, 15) is 4.79 Å². The van der Waals surface area contributed by atoms with Crippen LogP contribution in [-0.2, 0) is 4.79 Å². The number of rotatable bonds is 3. The van der Waals surface area contributed by atoms with Gasteiger partial charge in [0.15, 0.2) is 6.04 Å². The first kappa shape index (κ1) is 16.0. The van der Waals surface area contributed by atoms with E-state index in [0.29, 0.717) is 0 Å². The van der Waals surface area contributed by atoms with E-state index < -0.39 is 0 Å². The van der Waals surface area contributed by atoms with Crippen LogP contribution in [0.4, 0.5) is 5.69 Å². The van der Waals surface area contributed by atoms with E-state index in [-0.39, 0.29) is 11.9 Å². The molecule has 0 aliphatic carbocycles. The molecule has 0 radical (unpaired) electrons. The van der Waals surface area contributed by atoms with Gasteiger partial charge in [-0.1, -0.05) is 17.7 Å². The highest BCUT2D eigenvalue weighted by atomic mass is 16.2. The van der Waals surface area contributed by atoms with E-state index in [1.165, 1.54) is 24.8 Å². The lowest BCUT2D eigenvalue weighted by Crippen LogP contribution is -2.58. The lowest BCUT2D eigenvalue weighted by Gasteiger charge is -2.41. The molecular weight excluding hydrogens is 260 g/mol. The number of likely N-dealkylation sites (tertiary alicyclic amines) is 1. The number of nitrogens with zero attached hydrogens (tertiary/aromatic N) is 1. The van der Waals surface area contributed by atoms with E-state index in [4.69, 9.17) is 0 Å². The van der Waals surface area contributed by atoms with Crippen LogP contribution in [0, 0.1) is 20.8 Å². The number of amides is 1. The van der Waals surface area contributed by atoms with Crippen LogP contribution in [0.3, 0.4) is 0 Å². The lowest BCUT2D eigenvalue weighted by molar-refractivity contribution is -0.926. The number of aryl methyl sites for hydroxylation is 3. The molecule has 1 aromatic carbocycles. The maximum absolute atomic E-state index is 12.7. The predicted octanol–water partition coefficient (Wildman–Crippen LogP) is 3.57. The highest BCUT2D eigenvalue weighted by Crippen LogP contribution is 2.25. The summed E-state index contributed by atoms with van der Waals surface area (Å²) in [6.45, 7) is 10.5. The van der Waals surface area contributed by atoms with E-state index in [1.54, 1.807) is 0 Å². The Kier molecular flexibility index (Phi) is 4.72. The lowest BCUT2D eigenvalue weighted by atomic mass is 10.0. The summed E-state index contributed by atoms with van der Waals surface area (Å²) in [5.41, 5.74) is 4.52. The molecule has 1 N–H and O–H groups in total. The van der Waals surface area contributed by atoms with Gasteiger partial charge in [0, 0.05) is 5.69 Å². The number of benzene rings is 1. The van der Waals surface area contributed by atoms with E-state index >= 15 is 0 Å². The summed E-state index contributed by atoms with van der Waals surface area (Å²) >= 11 is 0. The van der Waals surface area contributed by atoms with Crippen LogP contribution in [0.25, 0.3) is 0 Å². The minimum absolute atomic E-state index is 0.00500.